The summed E-state index contributed by atoms with van der Waals surface area (Å²) in [6, 6.07) is 1.84. The van der Waals surface area contributed by atoms with Crippen molar-refractivity contribution in [3.8, 4) is 0 Å². The Morgan fingerprint density at radius 1 is 1.71 bits per heavy atom. The summed E-state index contributed by atoms with van der Waals surface area (Å²) in [6.45, 7) is 1.84. The smallest absolute Gasteiger partial charge is 0.149 e. The second-order valence-electron chi connectivity index (χ2n) is 5.13. The van der Waals surface area contributed by atoms with Crippen LogP contribution in [-0.4, -0.2) is 41.1 Å². The lowest BCUT2D eigenvalue weighted by atomic mass is 10.1. The number of aliphatic hydroxyl groups excluding tert-OH is 1. The fraction of sp³-hybridized carbons (Fsp3) is 0.571. The lowest BCUT2D eigenvalue weighted by Crippen LogP contribution is -2.16. The van der Waals surface area contributed by atoms with Gasteiger partial charge in [0.15, 0.2) is 0 Å². The molecule has 0 bridgehead atoms. The first-order chi connectivity index (χ1) is 10.1. The van der Waals surface area contributed by atoms with Crippen LogP contribution < -0.4 is 5.73 Å². The maximum atomic E-state index is 14.0. The molecular weight excluding hydrogens is 275 g/mol. The van der Waals surface area contributed by atoms with Crippen LogP contribution in [0.3, 0.4) is 0 Å². The Bertz CT molecular complexity index is 529. The van der Waals surface area contributed by atoms with E-state index in [4.69, 9.17) is 21.0 Å². The van der Waals surface area contributed by atoms with E-state index >= 15 is 0 Å². The highest BCUT2D eigenvalue weighted by Gasteiger charge is 2.37. The van der Waals surface area contributed by atoms with Crippen LogP contribution in [0.4, 0.5) is 4.39 Å². The van der Waals surface area contributed by atoms with Gasteiger partial charge in [-0.25, -0.2) is 9.38 Å². The average molecular weight is 296 g/mol. The minimum Gasteiger partial charge on any atom is -0.394 e. The zero-order chi connectivity index (χ0) is 15.4. The molecule has 1 aromatic heterocycles. The number of nitrogens with two attached hydrogens (primary N) is 1. The van der Waals surface area contributed by atoms with Gasteiger partial charge in [0, 0.05) is 12.1 Å². The maximum absolute atomic E-state index is 14.0. The number of nitrogens with one attached hydrogen (secondary N) is 2. The van der Waals surface area contributed by atoms with E-state index < -0.39 is 18.4 Å². The van der Waals surface area contributed by atoms with Gasteiger partial charge in [0.1, 0.15) is 24.4 Å². The molecule has 2 heterocycles. The molecule has 0 radical (unpaired) electrons. The Hall–Kier alpha value is -1.73. The van der Waals surface area contributed by atoms with Gasteiger partial charge in [-0.1, -0.05) is 13.3 Å². The van der Waals surface area contributed by atoms with Crippen LogP contribution >= 0.6 is 0 Å². The van der Waals surface area contributed by atoms with Gasteiger partial charge < -0.3 is 20.6 Å². The summed E-state index contributed by atoms with van der Waals surface area (Å²) >= 11 is 0. The molecule has 0 aromatic carbocycles. The quantitative estimate of drug-likeness (QED) is 0.471. The fourth-order valence-corrected chi connectivity index (χ4v) is 2.61. The molecule has 5 N–H and O–H groups in total. The molecule has 1 aromatic rings. The second kappa shape index (κ2) is 6.82. The summed E-state index contributed by atoms with van der Waals surface area (Å²) in [7, 11) is 0. The number of aliphatic hydroxyl groups is 1. The van der Waals surface area contributed by atoms with Crippen LogP contribution in [0.2, 0.25) is 0 Å². The van der Waals surface area contributed by atoms with E-state index in [1.54, 1.807) is 0 Å². The van der Waals surface area contributed by atoms with Crippen molar-refractivity contribution in [2.75, 3.05) is 6.61 Å². The van der Waals surface area contributed by atoms with Crippen molar-refractivity contribution in [2.45, 2.75) is 44.6 Å². The molecule has 1 saturated heterocycles. The standard InChI is InChI=1S/C14H21FN4O2/c1-2-3-8-4-11(19-12(8)14(17)18-7-16)13-10(15)5-9(6-20)21-13/h4,7,9-10,13,19-20H,2-3,5-6H2,1H3,(H3,16,17,18). The van der Waals surface area contributed by atoms with Crippen molar-refractivity contribution in [3.63, 3.8) is 0 Å². The lowest BCUT2D eigenvalue weighted by Gasteiger charge is -2.11. The van der Waals surface area contributed by atoms with E-state index in [2.05, 4.69) is 9.98 Å². The zero-order valence-electron chi connectivity index (χ0n) is 12.0. The third kappa shape index (κ3) is 3.30. The molecule has 0 spiro atoms. The fourth-order valence-electron chi connectivity index (χ4n) is 2.61. The van der Waals surface area contributed by atoms with Crippen LogP contribution in [0.5, 0.6) is 0 Å². The Morgan fingerprint density at radius 3 is 3.05 bits per heavy atom. The van der Waals surface area contributed by atoms with Crippen LogP contribution in [-0.2, 0) is 11.2 Å². The molecule has 1 aliphatic rings. The third-order valence-corrected chi connectivity index (χ3v) is 3.57. The number of aryl methyl sites for hydroxylation is 1. The first-order valence-corrected chi connectivity index (χ1v) is 7.05. The largest absolute Gasteiger partial charge is 0.394 e. The molecule has 0 amide bonds. The van der Waals surface area contributed by atoms with Crippen molar-refractivity contribution >= 4 is 12.2 Å². The number of aromatic amines is 1. The summed E-state index contributed by atoms with van der Waals surface area (Å²) in [5.74, 6) is 0.201. The highest BCUT2D eigenvalue weighted by Crippen LogP contribution is 2.35. The molecule has 1 fully saturated rings. The van der Waals surface area contributed by atoms with Crippen molar-refractivity contribution in [3.05, 3.63) is 23.0 Å². The van der Waals surface area contributed by atoms with Crippen LogP contribution in [0.1, 0.15) is 42.8 Å². The van der Waals surface area contributed by atoms with E-state index in [1.165, 1.54) is 0 Å². The van der Waals surface area contributed by atoms with Crippen LogP contribution in [0.15, 0.2) is 11.1 Å². The molecule has 3 atom stereocenters. The monoisotopic (exact) mass is 296 g/mol. The molecule has 6 nitrogen and oxygen atoms in total. The summed E-state index contributed by atoms with van der Waals surface area (Å²) in [4.78, 5) is 6.82. The number of amidine groups is 1. The minimum absolute atomic E-state index is 0.183. The van der Waals surface area contributed by atoms with Gasteiger partial charge in [-0.3, -0.25) is 5.41 Å². The summed E-state index contributed by atoms with van der Waals surface area (Å²) in [5.41, 5.74) is 7.97. The number of ether oxygens (including phenoxy) is 1. The van der Waals surface area contributed by atoms with Crippen molar-refractivity contribution < 1.29 is 14.2 Å². The molecule has 0 aliphatic carbocycles. The van der Waals surface area contributed by atoms with Crippen LogP contribution in [0, 0.1) is 5.41 Å². The van der Waals surface area contributed by atoms with E-state index in [0.29, 0.717) is 11.4 Å². The van der Waals surface area contributed by atoms with Crippen molar-refractivity contribution in [2.24, 2.45) is 10.7 Å². The van der Waals surface area contributed by atoms with Gasteiger partial charge in [0.25, 0.3) is 0 Å². The molecule has 7 heteroatoms. The van der Waals surface area contributed by atoms with Gasteiger partial charge in [0.2, 0.25) is 0 Å². The van der Waals surface area contributed by atoms with E-state index in [9.17, 15) is 4.39 Å². The normalized spacial score (nSPS) is 26.2. The number of halogens is 1. The minimum atomic E-state index is -1.16. The van der Waals surface area contributed by atoms with Gasteiger partial charge in [0.05, 0.1) is 18.4 Å². The second-order valence-corrected chi connectivity index (χ2v) is 5.13. The van der Waals surface area contributed by atoms with Gasteiger partial charge in [-0.05, 0) is 18.1 Å². The van der Waals surface area contributed by atoms with E-state index in [0.717, 1.165) is 24.7 Å². The number of rotatable bonds is 6. The first-order valence-electron chi connectivity index (χ1n) is 7.05. The number of hydrogen-bond donors (Lipinski definition) is 4. The number of aromatic nitrogens is 1. The molecule has 3 unspecified atom stereocenters. The van der Waals surface area contributed by atoms with Crippen molar-refractivity contribution in [1.29, 1.82) is 5.41 Å². The SMILES string of the molecule is CCCc1cc(C2OC(CO)CC2F)[nH]c1C(N)=NC=N. The Kier molecular flexibility index (Phi) is 5.08. The first kappa shape index (κ1) is 15.7. The van der Waals surface area contributed by atoms with Gasteiger partial charge in [-0.15, -0.1) is 0 Å². The Balaban J connectivity index is 2.31. The molecule has 0 saturated carbocycles. The number of hydrogen-bond acceptors (Lipinski definition) is 3. The van der Waals surface area contributed by atoms with Gasteiger partial charge in [-0.2, -0.15) is 0 Å². The Morgan fingerprint density at radius 2 is 2.48 bits per heavy atom. The molecule has 21 heavy (non-hydrogen) atoms. The molecule has 1 aliphatic heterocycles. The van der Waals surface area contributed by atoms with Gasteiger partial charge >= 0.3 is 0 Å². The van der Waals surface area contributed by atoms with Crippen LogP contribution in [0.25, 0.3) is 0 Å². The van der Waals surface area contributed by atoms with E-state index in [1.807, 2.05) is 13.0 Å². The maximum Gasteiger partial charge on any atom is 0.149 e. The molecule has 2 rings (SSSR count). The van der Waals surface area contributed by atoms with E-state index in [-0.39, 0.29) is 18.9 Å². The highest BCUT2D eigenvalue weighted by atomic mass is 19.1. The van der Waals surface area contributed by atoms with Crippen molar-refractivity contribution in [1.82, 2.24) is 4.98 Å². The molecular formula is C14H21FN4O2. The average Bonchev–Trinajstić information content (AvgIpc) is 3.03. The third-order valence-electron chi connectivity index (χ3n) is 3.57. The summed E-state index contributed by atoms with van der Waals surface area (Å²) in [5, 5.41) is 16.1. The number of H-pyrrole nitrogens is 1. The predicted octanol–water partition coefficient (Wildman–Crippen LogP) is 1.44. The number of nitrogens with zero attached hydrogens (tertiary/aromatic N) is 1. The highest BCUT2D eigenvalue weighted by molar-refractivity contribution is 6.00. The Labute approximate surface area is 122 Å². The zero-order valence-corrected chi connectivity index (χ0v) is 12.0. The lowest BCUT2D eigenvalue weighted by molar-refractivity contribution is -0.00101. The number of aliphatic imine (C=N–C) groups is 1. The summed E-state index contributed by atoms with van der Waals surface area (Å²) in [6.07, 6.45) is 0.376. The number of alkyl halides is 1. The predicted molar refractivity (Wildman–Crippen MR) is 78.5 cm³/mol. The molecule has 116 valence electrons. The topological polar surface area (TPSA) is 107 Å². The summed E-state index contributed by atoms with van der Waals surface area (Å²) < 4.78 is 19.5.